The SMILES string of the molecule is N#CCc1cc(F)c(Br)c(C(F)(F)F)c1. The van der Waals surface area contributed by atoms with Gasteiger partial charge in [-0.1, -0.05) is 0 Å². The van der Waals surface area contributed by atoms with Crippen LogP contribution >= 0.6 is 15.9 Å². The number of rotatable bonds is 1. The van der Waals surface area contributed by atoms with E-state index in [1.165, 1.54) is 0 Å². The van der Waals surface area contributed by atoms with Gasteiger partial charge >= 0.3 is 6.18 Å². The number of nitrogens with zero attached hydrogens (tertiary/aromatic N) is 1. The lowest BCUT2D eigenvalue weighted by molar-refractivity contribution is -0.138. The molecule has 0 aromatic heterocycles. The molecule has 1 aromatic rings. The quantitative estimate of drug-likeness (QED) is 0.721. The van der Waals surface area contributed by atoms with E-state index in [0.717, 1.165) is 12.1 Å². The van der Waals surface area contributed by atoms with Crippen LogP contribution in [0.4, 0.5) is 17.6 Å². The maximum atomic E-state index is 13.0. The Kier molecular flexibility index (Phi) is 3.35. The largest absolute Gasteiger partial charge is 0.417 e. The molecule has 0 radical (unpaired) electrons. The van der Waals surface area contributed by atoms with Crippen molar-refractivity contribution in [3.63, 3.8) is 0 Å². The number of nitriles is 1. The van der Waals surface area contributed by atoms with Crippen LogP contribution in [0.1, 0.15) is 11.1 Å². The Hall–Kier alpha value is -1.09. The molecule has 0 heterocycles. The second kappa shape index (κ2) is 4.19. The summed E-state index contributed by atoms with van der Waals surface area (Å²) >= 11 is 2.52. The average Bonchev–Trinajstić information content (AvgIpc) is 2.09. The van der Waals surface area contributed by atoms with Gasteiger partial charge in [0.05, 0.1) is 22.5 Å². The molecule has 0 aliphatic carbocycles. The Morgan fingerprint density at radius 1 is 1.33 bits per heavy atom. The molecule has 1 rings (SSSR count). The third kappa shape index (κ3) is 2.69. The average molecular weight is 282 g/mol. The fraction of sp³-hybridized carbons (Fsp3) is 0.222. The summed E-state index contributed by atoms with van der Waals surface area (Å²) in [4.78, 5) is 0. The molecule has 0 fully saturated rings. The molecule has 0 bridgehead atoms. The molecule has 15 heavy (non-hydrogen) atoms. The van der Waals surface area contributed by atoms with Gasteiger partial charge < -0.3 is 0 Å². The van der Waals surface area contributed by atoms with Gasteiger partial charge in [-0.05, 0) is 33.6 Å². The zero-order chi connectivity index (χ0) is 11.6. The molecular formula is C9H4BrF4N. The standard InChI is InChI=1S/C9H4BrF4N/c10-8-6(9(12,13)14)3-5(1-2-15)4-7(8)11/h3-4H,1H2. The smallest absolute Gasteiger partial charge is 0.206 e. The summed E-state index contributed by atoms with van der Waals surface area (Å²) < 4.78 is 49.5. The van der Waals surface area contributed by atoms with Crippen molar-refractivity contribution >= 4 is 15.9 Å². The van der Waals surface area contributed by atoms with E-state index >= 15 is 0 Å². The van der Waals surface area contributed by atoms with Crippen LogP contribution in [0, 0.1) is 17.1 Å². The van der Waals surface area contributed by atoms with E-state index in [9.17, 15) is 17.6 Å². The predicted octanol–water partition coefficient (Wildman–Crippen LogP) is 3.67. The van der Waals surface area contributed by atoms with Crippen molar-refractivity contribution in [1.29, 1.82) is 5.26 Å². The van der Waals surface area contributed by atoms with Crippen LogP contribution in [0.3, 0.4) is 0 Å². The van der Waals surface area contributed by atoms with Gasteiger partial charge in [-0.3, -0.25) is 0 Å². The molecule has 0 aliphatic heterocycles. The van der Waals surface area contributed by atoms with Gasteiger partial charge in [-0.25, -0.2) is 4.39 Å². The first-order valence-corrected chi connectivity index (χ1v) is 4.57. The zero-order valence-corrected chi connectivity index (χ0v) is 8.78. The summed E-state index contributed by atoms with van der Waals surface area (Å²) in [6, 6.07) is 3.33. The van der Waals surface area contributed by atoms with E-state index < -0.39 is 22.0 Å². The minimum Gasteiger partial charge on any atom is -0.206 e. The number of hydrogen-bond acceptors (Lipinski definition) is 1. The highest BCUT2D eigenvalue weighted by Gasteiger charge is 2.34. The maximum Gasteiger partial charge on any atom is 0.417 e. The fourth-order valence-corrected chi connectivity index (χ4v) is 1.50. The van der Waals surface area contributed by atoms with Gasteiger partial charge in [0, 0.05) is 0 Å². The first-order chi connectivity index (χ1) is 6.86. The lowest BCUT2D eigenvalue weighted by Gasteiger charge is -2.10. The summed E-state index contributed by atoms with van der Waals surface area (Å²) in [6.07, 6.45) is -4.89. The topological polar surface area (TPSA) is 23.8 Å². The summed E-state index contributed by atoms with van der Waals surface area (Å²) in [5, 5.41) is 8.31. The molecule has 0 N–H and O–H groups in total. The second-order valence-electron chi connectivity index (χ2n) is 2.77. The monoisotopic (exact) mass is 281 g/mol. The maximum absolute atomic E-state index is 13.0. The first-order valence-electron chi connectivity index (χ1n) is 3.78. The van der Waals surface area contributed by atoms with Crippen LogP contribution < -0.4 is 0 Å². The number of halogens is 5. The second-order valence-corrected chi connectivity index (χ2v) is 3.56. The minimum absolute atomic E-state index is 0.00512. The molecule has 0 amide bonds. The van der Waals surface area contributed by atoms with Crippen molar-refractivity contribution in [2.45, 2.75) is 12.6 Å². The van der Waals surface area contributed by atoms with Gasteiger partial charge in [0.15, 0.2) is 0 Å². The van der Waals surface area contributed by atoms with Crippen molar-refractivity contribution in [1.82, 2.24) is 0 Å². The molecule has 80 valence electrons. The summed E-state index contributed by atoms with van der Waals surface area (Å²) in [5.74, 6) is -1.02. The third-order valence-corrected chi connectivity index (χ3v) is 2.48. The van der Waals surface area contributed by atoms with Crippen molar-refractivity contribution in [2.75, 3.05) is 0 Å². The summed E-state index contributed by atoms with van der Waals surface area (Å²) in [6.45, 7) is 0. The number of alkyl halides is 3. The van der Waals surface area contributed by atoms with Gasteiger partial charge in [-0.2, -0.15) is 18.4 Å². The summed E-state index contributed by atoms with van der Waals surface area (Å²) in [7, 11) is 0. The van der Waals surface area contributed by atoms with Crippen molar-refractivity contribution in [3.05, 3.63) is 33.5 Å². The molecular weight excluding hydrogens is 278 g/mol. The number of hydrogen-bond donors (Lipinski definition) is 0. The predicted molar refractivity (Wildman–Crippen MR) is 48.4 cm³/mol. The Bertz CT molecular complexity index is 419. The molecule has 1 aromatic carbocycles. The lowest BCUT2D eigenvalue weighted by Crippen LogP contribution is -2.08. The minimum atomic E-state index is -4.63. The Morgan fingerprint density at radius 3 is 2.40 bits per heavy atom. The highest BCUT2D eigenvalue weighted by molar-refractivity contribution is 9.10. The van der Waals surface area contributed by atoms with Gasteiger partial charge in [0.2, 0.25) is 0 Å². The van der Waals surface area contributed by atoms with Gasteiger partial charge in [0.1, 0.15) is 5.82 Å². The Morgan fingerprint density at radius 2 is 1.93 bits per heavy atom. The Balaban J connectivity index is 3.33. The molecule has 6 heteroatoms. The van der Waals surface area contributed by atoms with E-state index in [1.54, 1.807) is 6.07 Å². The van der Waals surface area contributed by atoms with Gasteiger partial charge in [-0.15, -0.1) is 0 Å². The normalized spacial score (nSPS) is 11.2. The van der Waals surface area contributed by atoms with Crippen molar-refractivity contribution in [3.8, 4) is 6.07 Å². The van der Waals surface area contributed by atoms with Crippen molar-refractivity contribution < 1.29 is 17.6 Å². The van der Waals surface area contributed by atoms with Crippen molar-refractivity contribution in [2.24, 2.45) is 0 Å². The van der Waals surface area contributed by atoms with Crippen LogP contribution in [-0.4, -0.2) is 0 Å². The zero-order valence-electron chi connectivity index (χ0n) is 7.20. The summed E-state index contributed by atoms with van der Waals surface area (Å²) in [5.41, 5.74) is -1.10. The molecule has 0 atom stereocenters. The van der Waals surface area contributed by atoms with E-state index in [4.69, 9.17) is 5.26 Å². The van der Waals surface area contributed by atoms with Gasteiger partial charge in [0.25, 0.3) is 0 Å². The highest BCUT2D eigenvalue weighted by Crippen LogP contribution is 2.36. The van der Waals surface area contributed by atoms with Crippen LogP contribution in [-0.2, 0) is 12.6 Å². The highest BCUT2D eigenvalue weighted by atomic mass is 79.9. The van der Waals surface area contributed by atoms with Crippen LogP contribution in [0.25, 0.3) is 0 Å². The van der Waals surface area contributed by atoms with Crippen LogP contribution in [0.15, 0.2) is 16.6 Å². The molecule has 0 spiro atoms. The van der Waals surface area contributed by atoms with E-state index in [0.29, 0.717) is 0 Å². The third-order valence-electron chi connectivity index (χ3n) is 1.68. The fourth-order valence-electron chi connectivity index (χ4n) is 1.04. The molecule has 0 saturated carbocycles. The van der Waals surface area contributed by atoms with Crippen LogP contribution in [0.5, 0.6) is 0 Å². The van der Waals surface area contributed by atoms with E-state index in [2.05, 4.69) is 15.9 Å². The number of benzene rings is 1. The molecule has 0 saturated heterocycles. The van der Waals surface area contributed by atoms with Crippen LogP contribution in [0.2, 0.25) is 0 Å². The molecule has 0 unspecified atom stereocenters. The lowest BCUT2D eigenvalue weighted by atomic mass is 10.1. The Labute approximate surface area is 91.4 Å². The van der Waals surface area contributed by atoms with E-state index in [-0.39, 0.29) is 12.0 Å². The van der Waals surface area contributed by atoms with E-state index in [1.807, 2.05) is 0 Å². The molecule has 1 nitrogen and oxygen atoms in total. The first kappa shape index (κ1) is 12.0. The molecule has 0 aliphatic rings.